The van der Waals surface area contributed by atoms with Gasteiger partial charge in [0.1, 0.15) is 0 Å². The lowest BCUT2D eigenvalue weighted by atomic mass is 10.1. The maximum Gasteiger partial charge on any atom is 0.214 e. The highest BCUT2D eigenvalue weighted by molar-refractivity contribution is 7.89. The summed E-state index contributed by atoms with van der Waals surface area (Å²) in [5.41, 5.74) is 0. The summed E-state index contributed by atoms with van der Waals surface area (Å²) in [5.74, 6) is 0.262. The maximum atomic E-state index is 12.1. The van der Waals surface area contributed by atoms with Gasteiger partial charge in [-0.05, 0) is 39.7 Å². The van der Waals surface area contributed by atoms with E-state index in [4.69, 9.17) is 0 Å². The van der Waals surface area contributed by atoms with Crippen molar-refractivity contribution in [2.45, 2.75) is 58.5 Å². The molecule has 1 heterocycles. The molecule has 102 valence electrons. The molecule has 0 saturated carbocycles. The quantitative estimate of drug-likeness (QED) is 0.790. The maximum absolute atomic E-state index is 12.1. The molecule has 1 rings (SSSR count). The average molecular weight is 262 g/mol. The minimum atomic E-state index is -3.08. The van der Waals surface area contributed by atoms with E-state index in [1.807, 2.05) is 20.8 Å². The number of nitrogens with one attached hydrogen (secondary N) is 1. The first kappa shape index (κ1) is 14.9. The molecule has 0 aromatic heterocycles. The summed E-state index contributed by atoms with van der Waals surface area (Å²) < 4.78 is 26.0. The van der Waals surface area contributed by atoms with E-state index in [9.17, 15) is 8.42 Å². The molecule has 0 bridgehead atoms. The Kier molecular flexibility index (Phi) is 5.89. The molecule has 0 aliphatic carbocycles. The molecular weight excluding hydrogens is 236 g/mol. The Balaban J connectivity index is 2.65. The fourth-order valence-corrected chi connectivity index (χ4v) is 4.12. The van der Waals surface area contributed by atoms with Crippen LogP contribution in [0.5, 0.6) is 0 Å². The lowest BCUT2D eigenvalue weighted by Gasteiger charge is -2.32. The zero-order chi connectivity index (χ0) is 12.9. The largest absolute Gasteiger partial charge is 0.313 e. The standard InChI is InChI=1S/C12H26N2O2S/c1-4-9-17(15,16)14(11(2)3)10-12-7-5-6-8-13-12/h11-13H,4-10H2,1-3H3. The smallest absolute Gasteiger partial charge is 0.214 e. The molecule has 1 fully saturated rings. The molecular formula is C12H26N2O2S. The molecule has 5 heteroatoms. The van der Waals surface area contributed by atoms with Crippen LogP contribution in [0.25, 0.3) is 0 Å². The number of rotatable bonds is 6. The van der Waals surface area contributed by atoms with E-state index in [-0.39, 0.29) is 11.8 Å². The Hall–Kier alpha value is -0.130. The third kappa shape index (κ3) is 4.56. The SMILES string of the molecule is CCCS(=O)(=O)N(CC1CCCCN1)C(C)C. The second-order valence-corrected chi connectivity index (χ2v) is 7.17. The number of nitrogens with zero attached hydrogens (tertiary/aromatic N) is 1. The number of piperidine rings is 1. The van der Waals surface area contributed by atoms with Gasteiger partial charge >= 0.3 is 0 Å². The predicted molar refractivity (Wildman–Crippen MR) is 71.6 cm³/mol. The molecule has 1 aliphatic heterocycles. The van der Waals surface area contributed by atoms with E-state index in [0.29, 0.717) is 19.0 Å². The summed E-state index contributed by atoms with van der Waals surface area (Å²) in [6.07, 6.45) is 4.19. The number of hydrogen-bond acceptors (Lipinski definition) is 3. The highest BCUT2D eigenvalue weighted by atomic mass is 32.2. The molecule has 0 spiro atoms. The van der Waals surface area contributed by atoms with Crippen molar-refractivity contribution < 1.29 is 8.42 Å². The van der Waals surface area contributed by atoms with Crippen LogP contribution >= 0.6 is 0 Å². The van der Waals surface area contributed by atoms with E-state index >= 15 is 0 Å². The first-order chi connectivity index (χ1) is 7.97. The van der Waals surface area contributed by atoms with Gasteiger partial charge in [0.25, 0.3) is 0 Å². The fraction of sp³-hybridized carbons (Fsp3) is 1.00. The highest BCUT2D eigenvalue weighted by Gasteiger charge is 2.27. The van der Waals surface area contributed by atoms with E-state index in [2.05, 4.69) is 5.32 Å². The van der Waals surface area contributed by atoms with Gasteiger partial charge in [0.15, 0.2) is 0 Å². The van der Waals surface area contributed by atoms with Crippen molar-refractivity contribution in [1.82, 2.24) is 9.62 Å². The number of hydrogen-bond donors (Lipinski definition) is 1. The monoisotopic (exact) mass is 262 g/mol. The van der Waals surface area contributed by atoms with Gasteiger partial charge in [-0.1, -0.05) is 13.3 Å². The van der Waals surface area contributed by atoms with Crippen LogP contribution < -0.4 is 5.32 Å². The van der Waals surface area contributed by atoms with Crippen molar-refractivity contribution >= 4 is 10.0 Å². The van der Waals surface area contributed by atoms with E-state index in [1.54, 1.807) is 4.31 Å². The van der Waals surface area contributed by atoms with Crippen LogP contribution in [-0.2, 0) is 10.0 Å². The van der Waals surface area contributed by atoms with E-state index in [1.165, 1.54) is 12.8 Å². The van der Waals surface area contributed by atoms with Gasteiger partial charge in [-0.2, -0.15) is 4.31 Å². The Morgan fingerprint density at radius 3 is 2.53 bits per heavy atom. The third-order valence-corrected chi connectivity index (χ3v) is 5.42. The summed E-state index contributed by atoms with van der Waals surface area (Å²) in [4.78, 5) is 0. The summed E-state index contributed by atoms with van der Waals surface area (Å²) in [5, 5.41) is 3.41. The normalized spacial score (nSPS) is 22.3. The van der Waals surface area contributed by atoms with Gasteiger partial charge in [0.05, 0.1) is 5.75 Å². The third-order valence-electron chi connectivity index (χ3n) is 3.21. The van der Waals surface area contributed by atoms with Crippen LogP contribution in [0.1, 0.15) is 46.5 Å². The van der Waals surface area contributed by atoms with Gasteiger partial charge in [-0.3, -0.25) is 0 Å². The topological polar surface area (TPSA) is 49.4 Å². The van der Waals surface area contributed by atoms with Crippen LogP contribution in [0.2, 0.25) is 0 Å². The Labute approximate surface area is 106 Å². The molecule has 1 N–H and O–H groups in total. The van der Waals surface area contributed by atoms with Crippen LogP contribution in [0, 0.1) is 0 Å². The van der Waals surface area contributed by atoms with Crippen LogP contribution in [-0.4, -0.2) is 43.6 Å². The molecule has 0 aromatic rings. The summed E-state index contributed by atoms with van der Waals surface area (Å²) in [6, 6.07) is 0.382. The molecule has 0 amide bonds. The van der Waals surface area contributed by atoms with Crippen LogP contribution in [0.4, 0.5) is 0 Å². The molecule has 17 heavy (non-hydrogen) atoms. The Bertz CT molecular complexity index is 308. The van der Waals surface area contributed by atoms with Gasteiger partial charge in [0, 0.05) is 18.6 Å². The summed E-state index contributed by atoms with van der Waals surface area (Å²) in [7, 11) is -3.08. The van der Waals surface area contributed by atoms with Crippen LogP contribution in [0.3, 0.4) is 0 Å². The van der Waals surface area contributed by atoms with Crippen LogP contribution in [0.15, 0.2) is 0 Å². The summed E-state index contributed by atoms with van der Waals surface area (Å²) >= 11 is 0. The average Bonchev–Trinajstić information content (AvgIpc) is 2.26. The highest BCUT2D eigenvalue weighted by Crippen LogP contribution is 2.14. The van der Waals surface area contributed by atoms with Gasteiger partial charge < -0.3 is 5.32 Å². The van der Waals surface area contributed by atoms with Crippen molar-refractivity contribution in [2.75, 3.05) is 18.8 Å². The second-order valence-electron chi connectivity index (χ2n) is 5.13. The van der Waals surface area contributed by atoms with E-state index < -0.39 is 10.0 Å². The first-order valence-corrected chi connectivity index (χ1v) is 8.31. The molecule has 0 aromatic carbocycles. The Morgan fingerprint density at radius 1 is 1.35 bits per heavy atom. The molecule has 1 atom stereocenters. The van der Waals surface area contributed by atoms with Crippen molar-refractivity contribution in [1.29, 1.82) is 0 Å². The van der Waals surface area contributed by atoms with Gasteiger partial charge in [-0.25, -0.2) is 8.42 Å². The molecule has 4 nitrogen and oxygen atoms in total. The van der Waals surface area contributed by atoms with E-state index in [0.717, 1.165) is 13.0 Å². The zero-order valence-corrected chi connectivity index (χ0v) is 12.1. The minimum Gasteiger partial charge on any atom is -0.313 e. The predicted octanol–water partition coefficient (Wildman–Crippen LogP) is 1.58. The number of sulfonamides is 1. The lowest BCUT2D eigenvalue weighted by Crippen LogP contribution is -2.48. The first-order valence-electron chi connectivity index (χ1n) is 6.70. The van der Waals surface area contributed by atoms with Gasteiger partial charge in [-0.15, -0.1) is 0 Å². The van der Waals surface area contributed by atoms with Crippen molar-refractivity contribution in [2.24, 2.45) is 0 Å². The molecule has 1 saturated heterocycles. The molecule has 0 radical (unpaired) electrons. The molecule has 1 aliphatic rings. The van der Waals surface area contributed by atoms with Crippen molar-refractivity contribution in [3.05, 3.63) is 0 Å². The minimum absolute atomic E-state index is 0.0512. The Morgan fingerprint density at radius 2 is 2.06 bits per heavy atom. The second kappa shape index (κ2) is 6.71. The van der Waals surface area contributed by atoms with Gasteiger partial charge in [0.2, 0.25) is 10.0 Å². The lowest BCUT2D eigenvalue weighted by molar-refractivity contribution is 0.282. The van der Waals surface area contributed by atoms with Crippen molar-refractivity contribution in [3.8, 4) is 0 Å². The van der Waals surface area contributed by atoms with Crippen molar-refractivity contribution in [3.63, 3.8) is 0 Å². The summed E-state index contributed by atoms with van der Waals surface area (Å²) in [6.45, 7) is 7.46. The zero-order valence-electron chi connectivity index (χ0n) is 11.3. The fourth-order valence-electron chi connectivity index (χ4n) is 2.32. The molecule has 1 unspecified atom stereocenters.